The van der Waals surface area contributed by atoms with Crippen molar-refractivity contribution >= 4 is 5.91 Å². The fourth-order valence-electron chi connectivity index (χ4n) is 3.84. The van der Waals surface area contributed by atoms with Gasteiger partial charge in [-0.25, -0.2) is 0 Å². The second kappa shape index (κ2) is 7.60. The van der Waals surface area contributed by atoms with Crippen molar-refractivity contribution in [2.24, 2.45) is 0 Å². The number of nitrogens with one attached hydrogen (secondary N) is 1. The average molecular weight is 339 g/mol. The van der Waals surface area contributed by atoms with Crippen molar-refractivity contribution in [2.75, 3.05) is 13.7 Å². The largest absolute Gasteiger partial charge is 0.507 e. The summed E-state index contributed by atoms with van der Waals surface area (Å²) < 4.78 is 5.23. The summed E-state index contributed by atoms with van der Waals surface area (Å²) in [6.45, 7) is 0.563. The molecule has 0 aromatic heterocycles. The van der Waals surface area contributed by atoms with Crippen molar-refractivity contribution in [1.29, 1.82) is 0 Å². The Balaban J connectivity index is 1.82. The standard InChI is InChI=1S/C21H25NO3/c1-25-18-12-8-11-17(23)19(18)20(24)22-15-21(13-6-3-7-14-21)16-9-4-2-5-10-16/h2,4-5,8-12,23H,3,6-7,13-15H2,1H3,(H,22,24). The van der Waals surface area contributed by atoms with Crippen LogP contribution in [-0.4, -0.2) is 24.7 Å². The van der Waals surface area contributed by atoms with Crippen LogP contribution in [0.15, 0.2) is 48.5 Å². The van der Waals surface area contributed by atoms with Crippen LogP contribution in [0.1, 0.15) is 48.0 Å². The highest BCUT2D eigenvalue weighted by Gasteiger charge is 2.34. The fraction of sp³-hybridized carbons (Fsp3) is 0.381. The van der Waals surface area contributed by atoms with Gasteiger partial charge in [0, 0.05) is 12.0 Å². The van der Waals surface area contributed by atoms with E-state index in [0.29, 0.717) is 12.3 Å². The van der Waals surface area contributed by atoms with Crippen molar-refractivity contribution in [3.63, 3.8) is 0 Å². The number of ether oxygens (including phenoxy) is 1. The van der Waals surface area contributed by atoms with E-state index in [0.717, 1.165) is 12.8 Å². The van der Waals surface area contributed by atoms with Gasteiger partial charge in [-0.1, -0.05) is 55.7 Å². The molecule has 0 atom stereocenters. The van der Waals surface area contributed by atoms with Crippen molar-refractivity contribution < 1.29 is 14.6 Å². The van der Waals surface area contributed by atoms with Gasteiger partial charge in [0.25, 0.3) is 5.91 Å². The van der Waals surface area contributed by atoms with Crippen LogP contribution in [0.2, 0.25) is 0 Å². The Hall–Kier alpha value is -2.49. The van der Waals surface area contributed by atoms with E-state index in [4.69, 9.17) is 4.74 Å². The third-order valence-electron chi connectivity index (χ3n) is 5.24. The lowest BCUT2D eigenvalue weighted by Crippen LogP contribution is -2.42. The van der Waals surface area contributed by atoms with Crippen molar-refractivity contribution in [3.05, 3.63) is 59.7 Å². The van der Waals surface area contributed by atoms with Crippen LogP contribution in [0.3, 0.4) is 0 Å². The molecule has 1 amide bonds. The Labute approximate surface area is 148 Å². The van der Waals surface area contributed by atoms with Gasteiger partial charge in [-0.2, -0.15) is 0 Å². The van der Waals surface area contributed by atoms with Crippen molar-refractivity contribution in [1.82, 2.24) is 5.32 Å². The number of hydrogen-bond acceptors (Lipinski definition) is 3. The van der Waals surface area contributed by atoms with Gasteiger partial charge in [-0.15, -0.1) is 0 Å². The number of phenolic OH excluding ortho intramolecular Hbond substituents is 1. The Morgan fingerprint density at radius 2 is 1.80 bits per heavy atom. The predicted molar refractivity (Wildman–Crippen MR) is 98.2 cm³/mol. The van der Waals surface area contributed by atoms with Crippen LogP contribution >= 0.6 is 0 Å². The van der Waals surface area contributed by atoms with Gasteiger partial charge in [0.15, 0.2) is 0 Å². The molecule has 0 unspecified atom stereocenters. The molecular weight excluding hydrogens is 314 g/mol. The number of carbonyl (C=O) groups is 1. The van der Waals surface area contributed by atoms with Gasteiger partial charge in [-0.3, -0.25) is 4.79 Å². The maximum atomic E-state index is 12.7. The minimum atomic E-state index is -0.296. The Kier molecular flexibility index (Phi) is 5.27. The zero-order valence-electron chi connectivity index (χ0n) is 14.6. The third-order valence-corrected chi connectivity index (χ3v) is 5.24. The minimum Gasteiger partial charge on any atom is -0.507 e. The lowest BCUT2D eigenvalue weighted by molar-refractivity contribution is 0.0930. The summed E-state index contributed by atoms with van der Waals surface area (Å²) in [5.74, 6) is 0.0278. The van der Waals surface area contributed by atoms with Gasteiger partial charge in [0.2, 0.25) is 0 Å². The topological polar surface area (TPSA) is 58.6 Å². The number of aromatic hydroxyl groups is 1. The summed E-state index contributed by atoms with van der Waals surface area (Å²) in [4.78, 5) is 12.7. The molecule has 1 aliphatic carbocycles. The normalized spacial score (nSPS) is 16.2. The van der Waals surface area contributed by atoms with Crippen LogP contribution in [0, 0.1) is 0 Å². The zero-order valence-corrected chi connectivity index (χ0v) is 14.6. The van der Waals surface area contributed by atoms with Crippen LogP contribution in [0.5, 0.6) is 11.5 Å². The summed E-state index contributed by atoms with van der Waals surface area (Å²) in [5, 5.41) is 13.1. The molecule has 25 heavy (non-hydrogen) atoms. The van der Waals surface area contributed by atoms with Crippen LogP contribution in [0.25, 0.3) is 0 Å². The van der Waals surface area contributed by atoms with Gasteiger partial charge >= 0.3 is 0 Å². The molecule has 0 radical (unpaired) electrons. The molecule has 4 heteroatoms. The summed E-state index contributed by atoms with van der Waals surface area (Å²) in [6, 6.07) is 15.3. The van der Waals surface area contributed by atoms with Gasteiger partial charge in [-0.05, 0) is 30.5 Å². The number of hydrogen-bond donors (Lipinski definition) is 2. The van der Waals surface area contributed by atoms with E-state index in [1.807, 2.05) is 6.07 Å². The van der Waals surface area contributed by atoms with E-state index >= 15 is 0 Å². The molecule has 0 spiro atoms. The first-order valence-electron chi connectivity index (χ1n) is 8.86. The number of carbonyl (C=O) groups excluding carboxylic acids is 1. The zero-order chi connectivity index (χ0) is 17.7. The van der Waals surface area contributed by atoms with Gasteiger partial charge in [0.1, 0.15) is 17.1 Å². The third kappa shape index (κ3) is 3.63. The van der Waals surface area contributed by atoms with Gasteiger partial charge in [0.05, 0.1) is 7.11 Å². The highest BCUT2D eigenvalue weighted by molar-refractivity contribution is 5.99. The molecule has 2 aromatic rings. The van der Waals surface area contributed by atoms with Crippen molar-refractivity contribution in [2.45, 2.75) is 37.5 Å². The highest BCUT2D eigenvalue weighted by Crippen LogP contribution is 2.39. The first kappa shape index (κ1) is 17.3. The molecule has 132 valence electrons. The molecule has 3 rings (SSSR count). The monoisotopic (exact) mass is 339 g/mol. The van der Waals surface area contributed by atoms with Crippen molar-refractivity contribution in [3.8, 4) is 11.5 Å². The van der Waals surface area contributed by atoms with Crippen LogP contribution in [0.4, 0.5) is 0 Å². The molecule has 0 heterocycles. The molecule has 4 nitrogen and oxygen atoms in total. The first-order chi connectivity index (χ1) is 12.2. The van der Waals surface area contributed by atoms with E-state index < -0.39 is 0 Å². The molecular formula is C21H25NO3. The lowest BCUT2D eigenvalue weighted by atomic mass is 9.69. The SMILES string of the molecule is COc1cccc(O)c1C(=O)NCC1(c2ccccc2)CCCCC1. The molecule has 1 aliphatic rings. The number of phenols is 1. The van der Waals surface area contributed by atoms with E-state index in [9.17, 15) is 9.90 Å². The number of rotatable bonds is 5. The number of amides is 1. The first-order valence-corrected chi connectivity index (χ1v) is 8.86. The molecule has 0 saturated heterocycles. The molecule has 2 aromatic carbocycles. The summed E-state index contributed by atoms with van der Waals surface area (Å²) >= 11 is 0. The van der Waals surface area contributed by atoms with Gasteiger partial charge < -0.3 is 15.2 Å². The molecule has 0 aliphatic heterocycles. The van der Waals surface area contributed by atoms with E-state index in [2.05, 4.69) is 29.6 Å². The van der Waals surface area contributed by atoms with Crippen LogP contribution in [-0.2, 0) is 5.41 Å². The predicted octanol–water partition coefficient (Wildman–Crippen LogP) is 4.03. The highest BCUT2D eigenvalue weighted by atomic mass is 16.5. The Bertz CT molecular complexity index is 721. The molecule has 1 saturated carbocycles. The summed E-state index contributed by atoms with van der Waals surface area (Å²) in [7, 11) is 1.50. The minimum absolute atomic E-state index is 0.0349. The Morgan fingerprint density at radius 1 is 1.08 bits per heavy atom. The smallest absolute Gasteiger partial charge is 0.258 e. The maximum Gasteiger partial charge on any atom is 0.258 e. The Morgan fingerprint density at radius 3 is 2.48 bits per heavy atom. The number of benzene rings is 2. The quantitative estimate of drug-likeness (QED) is 0.864. The maximum absolute atomic E-state index is 12.7. The summed E-state index contributed by atoms with van der Waals surface area (Å²) in [5.41, 5.74) is 1.44. The van der Waals surface area contributed by atoms with E-state index in [1.54, 1.807) is 12.1 Å². The molecule has 1 fully saturated rings. The van der Waals surface area contributed by atoms with Crippen LogP contribution < -0.4 is 10.1 Å². The lowest BCUT2D eigenvalue weighted by Gasteiger charge is -2.38. The second-order valence-electron chi connectivity index (χ2n) is 6.74. The molecule has 0 bridgehead atoms. The van der Waals surface area contributed by atoms with E-state index in [-0.39, 0.29) is 22.6 Å². The van der Waals surface area contributed by atoms with E-state index in [1.165, 1.54) is 38.0 Å². The fourth-order valence-corrected chi connectivity index (χ4v) is 3.84. The number of methoxy groups -OCH3 is 1. The molecule has 2 N–H and O–H groups in total. The second-order valence-corrected chi connectivity index (χ2v) is 6.74. The average Bonchev–Trinajstić information content (AvgIpc) is 2.67. The summed E-state index contributed by atoms with van der Waals surface area (Å²) in [6.07, 6.45) is 5.72.